The summed E-state index contributed by atoms with van der Waals surface area (Å²) in [5.41, 5.74) is 6.21. The van der Waals surface area contributed by atoms with Gasteiger partial charge in [-0.1, -0.05) is 0 Å². The van der Waals surface area contributed by atoms with E-state index in [1.807, 2.05) is 4.90 Å². The predicted octanol–water partition coefficient (Wildman–Crippen LogP) is -0.280. The van der Waals surface area contributed by atoms with E-state index in [1.165, 1.54) is 0 Å². The standard InChI is InChI=1S/C9H17N3O/c1-6(2)12-4-3-8-7(9(12)13)5-10-11-8/h6-8,10-11H,3-5H2,1-2H3. The van der Waals surface area contributed by atoms with E-state index in [0.717, 1.165) is 19.5 Å². The van der Waals surface area contributed by atoms with Crippen molar-refractivity contribution in [1.29, 1.82) is 0 Å². The molecule has 0 saturated carbocycles. The summed E-state index contributed by atoms with van der Waals surface area (Å²) in [6, 6.07) is 0.705. The Morgan fingerprint density at radius 1 is 1.54 bits per heavy atom. The number of hydrogen-bond donors (Lipinski definition) is 2. The molecule has 2 unspecified atom stereocenters. The van der Waals surface area contributed by atoms with Crippen LogP contribution in [0, 0.1) is 5.92 Å². The molecule has 0 aliphatic carbocycles. The summed E-state index contributed by atoms with van der Waals surface area (Å²) < 4.78 is 0. The topological polar surface area (TPSA) is 44.4 Å². The number of carbonyl (C=O) groups excluding carboxylic acids is 1. The minimum Gasteiger partial charge on any atom is -0.340 e. The highest BCUT2D eigenvalue weighted by atomic mass is 16.2. The van der Waals surface area contributed by atoms with Crippen LogP contribution in [0.4, 0.5) is 0 Å². The zero-order valence-electron chi connectivity index (χ0n) is 8.21. The van der Waals surface area contributed by atoms with Gasteiger partial charge in [-0.25, -0.2) is 0 Å². The van der Waals surface area contributed by atoms with E-state index in [9.17, 15) is 4.79 Å². The SMILES string of the molecule is CC(C)N1CCC2NNCC2C1=O. The van der Waals surface area contributed by atoms with Crippen molar-refractivity contribution in [2.24, 2.45) is 5.92 Å². The van der Waals surface area contributed by atoms with Gasteiger partial charge < -0.3 is 4.90 Å². The number of fused-ring (bicyclic) bond motifs is 1. The molecule has 0 spiro atoms. The summed E-state index contributed by atoms with van der Waals surface area (Å²) in [5, 5.41) is 0. The quantitative estimate of drug-likeness (QED) is 0.587. The Balaban J connectivity index is 2.09. The number of carbonyl (C=O) groups is 1. The molecule has 0 aromatic carbocycles. The van der Waals surface area contributed by atoms with E-state index in [1.54, 1.807) is 0 Å². The fraction of sp³-hybridized carbons (Fsp3) is 0.889. The molecule has 2 atom stereocenters. The molecule has 0 radical (unpaired) electrons. The normalized spacial score (nSPS) is 34.1. The second-order valence-electron chi connectivity index (χ2n) is 4.15. The lowest BCUT2D eigenvalue weighted by molar-refractivity contribution is -0.140. The molecule has 13 heavy (non-hydrogen) atoms. The van der Waals surface area contributed by atoms with Gasteiger partial charge in [-0.2, -0.15) is 0 Å². The van der Waals surface area contributed by atoms with Gasteiger partial charge in [-0.3, -0.25) is 15.6 Å². The molecule has 4 nitrogen and oxygen atoms in total. The average Bonchev–Trinajstić information content (AvgIpc) is 2.52. The van der Waals surface area contributed by atoms with Crippen LogP contribution in [0.2, 0.25) is 0 Å². The molecule has 2 aliphatic heterocycles. The molecule has 1 amide bonds. The monoisotopic (exact) mass is 183 g/mol. The second kappa shape index (κ2) is 3.27. The van der Waals surface area contributed by atoms with E-state index in [2.05, 4.69) is 24.7 Å². The van der Waals surface area contributed by atoms with Crippen molar-refractivity contribution in [2.75, 3.05) is 13.1 Å². The van der Waals surface area contributed by atoms with Gasteiger partial charge in [0.05, 0.1) is 5.92 Å². The first kappa shape index (κ1) is 8.97. The average molecular weight is 183 g/mol. The molecule has 2 aliphatic rings. The van der Waals surface area contributed by atoms with Crippen LogP contribution >= 0.6 is 0 Å². The van der Waals surface area contributed by atoms with Gasteiger partial charge in [0.1, 0.15) is 0 Å². The zero-order valence-corrected chi connectivity index (χ0v) is 8.21. The third-order valence-corrected chi connectivity index (χ3v) is 3.00. The Morgan fingerprint density at radius 3 is 3.00 bits per heavy atom. The summed E-state index contributed by atoms with van der Waals surface area (Å²) in [5.74, 6) is 0.472. The van der Waals surface area contributed by atoms with Crippen LogP contribution in [0.5, 0.6) is 0 Å². The van der Waals surface area contributed by atoms with Crippen molar-refractivity contribution in [2.45, 2.75) is 32.4 Å². The minimum atomic E-state index is 0.163. The molecular formula is C9H17N3O. The van der Waals surface area contributed by atoms with Gasteiger partial charge >= 0.3 is 0 Å². The van der Waals surface area contributed by atoms with Gasteiger partial charge in [0.15, 0.2) is 0 Å². The first-order chi connectivity index (χ1) is 6.20. The van der Waals surface area contributed by atoms with Gasteiger partial charge in [-0.05, 0) is 20.3 Å². The number of nitrogens with one attached hydrogen (secondary N) is 2. The van der Waals surface area contributed by atoms with Crippen molar-refractivity contribution in [3.05, 3.63) is 0 Å². The van der Waals surface area contributed by atoms with E-state index < -0.39 is 0 Å². The van der Waals surface area contributed by atoms with Crippen LogP contribution in [-0.4, -0.2) is 36.0 Å². The Kier molecular flexibility index (Phi) is 2.26. The van der Waals surface area contributed by atoms with Gasteiger partial charge in [-0.15, -0.1) is 0 Å². The third kappa shape index (κ3) is 1.44. The van der Waals surface area contributed by atoms with Crippen LogP contribution in [0.1, 0.15) is 20.3 Å². The summed E-state index contributed by atoms with van der Waals surface area (Å²) in [7, 11) is 0. The Morgan fingerprint density at radius 2 is 2.31 bits per heavy atom. The molecule has 2 N–H and O–H groups in total. The van der Waals surface area contributed by atoms with Gasteiger partial charge in [0, 0.05) is 25.2 Å². The van der Waals surface area contributed by atoms with Crippen LogP contribution in [0.15, 0.2) is 0 Å². The fourth-order valence-electron chi connectivity index (χ4n) is 2.19. The second-order valence-corrected chi connectivity index (χ2v) is 4.15. The summed E-state index contributed by atoms with van der Waals surface area (Å²) in [6.45, 7) is 5.83. The lowest BCUT2D eigenvalue weighted by Crippen LogP contribution is -2.51. The van der Waals surface area contributed by atoms with E-state index in [-0.39, 0.29) is 5.92 Å². The van der Waals surface area contributed by atoms with Crippen LogP contribution in [0.3, 0.4) is 0 Å². The molecule has 2 fully saturated rings. The number of likely N-dealkylation sites (tertiary alicyclic amines) is 1. The summed E-state index contributed by atoms with van der Waals surface area (Å²) in [4.78, 5) is 13.9. The molecule has 2 heterocycles. The largest absolute Gasteiger partial charge is 0.340 e. The Hall–Kier alpha value is -0.610. The predicted molar refractivity (Wildman–Crippen MR) is 49.9 cm³/mol. The van der Waals surface area contributed by atoms with Crippen molar-refractivity contribution in [3.8, 4) is 0 Å². The smallest absolute Gasteiger partial charge is 0.228 e. The fourth-order valence-corrected chi connectivity index (χ4v) is 2.19. The molecule has 4 heteroatoms. The number of nitrogens with zero attached hydrogens (tertiary/aromatic N) is 1. The lowest BCUT2D eigenvalue weighted by Gasteiger charge is -2.36. The molecule has 2 rings (SSSR count). The molecule has 2 saturated heterocycles. The number of amides is 1. The van der Waals surface area contributed by atoms with Crippen LogP contribution in [-0.2, 0) is 4.79 Å². The molecule has 0 aromatic rings. The maximum Gasteiger partial charge on any atom is 0.228 e. The van der Waals surface area contributed by atoms with Crippen molar-refractivity contribution in [1.82, 2.24) is 15.8 Å². The third-order valence-electron chi connectivity index (χ3n) is 3.00. The number of hydrogen-bond acceptors (Lipinski definition) is 3. The molecule has 74 valence electrons. The maximum absolute atomic E-state index is 11.9. The number of rotatable bonds is 1. The van der Waals surface area contributed by atoms with Crippen LogP contribution in [0.25, 0.3) is 0 Å². The lowest BCUT2D eigenvalue weighted by atomic mass is 9.92. The zero-order chi connectivity index (χ0) is 9.42. The first-order valence-electron chi connectivity index (χ1n) is 4.99. The van der Waals surface area contributed by atoms with E-state index in [0.29, 0.717) is 18.0 Å². The van der Waals surface area contributed by atoms with Gasteiger partial charge in [0.2, 0.25) is 5.91 Å². The van der Waals surface area contributed by atoms with Crippen LogP contribution < -0.4 is 10.9 Å². The number of piperidine rings is 1. The highest BCUT2D eigenvalue weighted by Crippen LogP contribution is 2.22. The Labute approximate surface area is 78.6 Å². The maximum atomic E-state index is 11.9. The molecule has 0 aromatic heterocycles. The summed E-state index contributed by atoms with van der Waals surface area (Å²) >= 11 is 0. The highest BCUT2D eigenvalue weighted by Gasteiger charge is 2.39. The van der Waals surface area contributed by atoms with Crippen molar-refractivity contribution in [3.63, 3.8) is 0 Å². The summed E-state index contributed by atoms with van der Waals surface area (Å²) in [6.07, 6.45) is 1.07. The van der Waals surface area contributed by atoms with E-state index >= 15 is 0 Å². The van der Waals surface area contributed by atoms with Gasteiger partial charge in [0.25, 0.3) is 0 Å². The Bertz CT molecular complexity index is 213. The van der Waals surface area contributed by atoms with Crippen molar-refractivity contribution >= 4 is 5.91 Å². The minimum absolute atomic E-state index is 0.163. The van der Waals surface area contributed by atoms with Crippen molar-refractivity contribution < 1.29 is 4.79 Å². The number of hydrazine groups is 1. The molecule has 0 bridgehead atoms. The van der Waals surface area contributed by atoms with E-state index in [4.69, 9.17) is 0 Å². The molecular weight excluding hydrogens is 166 g/mol. The first-order valence-corrected chi connectivity index (χ1v) is 4.99. The highest BCUT2D eigenvalue weighted by molar-refractivity contribution is 5.81.